The van der Waals surface area contributed by atoms with Gasteiger partial charge in [-0.3, -0.25) is 0 Å². The Morgan fingerprint density at radius 2 is 1.64 bits per heavy atom. The van der Waals surface area contributed by atoms with E-state index in [9.17, 15) is 9.90 Å². The minimum absolute atomic E-state index is 0.200. The van der Waals surface area contributed by atoms with Crippen molar-refractivity contribution in [3.05, 3.63) is 64.5 Å². The maximum absolute atomic E-state index is 12.3. The number of quaternary nitrogens is 1. The molecule has 0 spiro atoms. The normalized spacial score (nSPS) is 11.4. The number of benzene rings is 2. The minimum Gasteiger partial charge on any atom is -0.507 e. The van der Waals surface area contributed by atoms with Crippen LogP contribution in [0, 0.1) is 0 Å². The summed E-state index contributed by atoms with van der Waals surface area (Å²) in [4.78, 5) is 13.7. The van der Waals surface area contributed by atoms with E-state index in [1.807, 2.05) is 36.4 Å². The lowest BCUT2D eigenvalue weighted by molar-refractivity contribution is -0.914. The molecule has 28 heavy (non-hydrogen) atoms. The summed E-state index contributed by atoms with van der Waals surface area (Å²) < 4.78 is 5.62. The summed E-state index contributed by atoms with van der Waals surface area (Å²) >= 11 is 0. The van der Waals surface area contributed by atoms with Gasteiger partial charge in [0.15, 0.2) is 5.58 Å². The van der Waals surface area contributed by atoms with Gasteiger partial charge in [-0.05, 0) is 36.1 Å². The minimum atomic E-state index is -0.387. The van der Waals surface area contributed by atoms with Crippen molar-refractivity contribution in [3.8, 4) is 16.9 Å². The topological polar surface area (TPSA) is 54.9 Å². The zero-order chi connectivity index (χ0) is 19.9. The first-order valence-corrected chi connectivity index (χ1v) is 10.3. The number of rotatable bonds is 9. The molecular formula is C24H30NO3+. The lowest BCUT2D eigenvalue weighted by Crippen LogP contribution is -3.10. The van der Waals surface area contributed by atoms with Crippen LogP contribution in [0.1, 0.15) is 45.1 Å². The molecule has 0 aliphatic rings. The van der Waals surface area contributed by atoms with Crippen LogP contribution in [0.4, 0.5) is 0 Å². The second kappa shape index (κ2) is 9.56. The van der Waals surface area contributed by atoms with Crippen molar-refractivity contribution in [2.24, 2.45) is 0 Å². The van der Waals surface area contributed by atoms with Crippen LogP contribution in [0.2, 0.25) is 0 Å². The number of fused-ring (bicyclic) bond motifs is 1. The molecule has 0 unspecified atom stereocenters. The van der Waals surface area contributed by atoms with Crippen LogP contribution in [0.5, 0.6) is 5.75 Å². The molecule has 0 aliphatic heterocycles. The molecule has 2 aromatic carbocycles. The Labute approximate surface area is 166 Å². The van der Waals surface area contributed by atoms with E-state index in [1.165, 1.54) is 11.0 Å². The van der Waals surface area contributed by atoms with Gasteiger partial charge in [-0.15, -0.1) is 0 Å². The van der Waals surface area contributed by atoms with Crippen molar-refractivity contribution in [1.82, 2.24) is 0 Å². The van der Waals surface area contributed by atoms with Crippen molar-refractivity contribution in [2.75, 3.05) is 13.1 Å². The van der Waals surface area contributed by atoms with E-state index in [2.05, 4.69) is 13.8 Å². The molecule has 4 nitrogen and oxygen atoms in total. The molecule has 0 saturated carbocycles. The van der Waals surface area contributed by atoms with E-state index in [-0.39, 0.29) is 11.4 Å². The largest absolute Gasteiger partial charge is 0.507 e. The van der Waals surface area contributed by atoms with Crippen molar-refractivity contribution < 1.29 is 14.4 Å². The molecule has 148 valence electrons. The Hall–Kier alpha value is -2.59. The Bertz CT molecular complexity index is 955. The van der Waals surface area contributed by atoms with Crippen LogP contribution in [-0.4, -0.2) is 18.2 Å². The highest BCUT2D eigenvalue weighted by Gasteiger charge is 2.19. The van der Waals surface area contributed by atoms with E-state index in [0.29, 0.717) is 12.1 Å². The molecule has 0 aliphatic carbocycles. The molecule has 4 heteroatoms. The molecule has 3 rings (SSSR count). The first-order chi connectivity index (χ1) is 13.6. The highest BCUT2D eigenvalue weighted by atomic mass is 16.4. The Balaban J connectivity index is 2.08. The van der Waals surface area contributed by atoms with Gasteiger partial charge in [-0.1, -0.05) is 57.0 Å². The van der Waals surface area contributed by atoms with E-state index < -0.39 is 0 Å². The lowest BCUT2D eigenvalue weighted by atomic mass is 9.99. The molecule has 1 aromatic heterocycles. The fourth-order valence-electron chi connectivity index (χ4n) is 3.70. The first kappa shape index (κ1) is 20.2. The fraction of sp³-hybridized carbons (Fsp3) is 0.375. The third-order valence-electron chi connectivity index (χ3n) is 5.27. The van der Waals surface area contributed by atoms with Gasteiger partial charge in [-0.2, -0.15) is 0 Å². The second-order valence-electron chi connectivity index (χ2n) is 7.42. The quantitative estimate of drug-likeness (QED) is 0.548. The van der Waals surface area contributed by atoms with Gasteiger partial charge >= 0.3 is 5.63 Å². The molecule has 1 heterocycles. The third-order valence-corrected chi connectivity index (χ3v) is 5.27. The molecule has 0 bridgehead atoms. The van der Waals surface area contributed by atoms with Crippen molar-refractivity contribution in [1.29, 1.82) is 0 Å². The predicted octanol–water partition coefficient (Wildman–Crippen LogP) is 4.15. The molecule has 0 radical (unpaired) electrons. The molecular weight excluding hydrogens is 350 g/mol. The number of unbranched alkanes of at least 4 members (excludes halogenated alkanes) is 2. The lowest BCUT2D eigenvalue weighted by Gasteiger charge is -2.20. The average Bonchev–Trinajstić information content (AvgIpc) is 2.71. The highest BCUT2D eigenvalue weighted by Crippen LogP contribution is 2.32. The summed E-state index contributed by atoms with van der Waals surface area (Å²) in [6.07, 6.45) is 4.57. The summed E-state index contributed by atoms with van der Waals surface area (Å²) in [5.41, 5.74) is 2.67. The van der Waals surface area contributed by atoms with Crippen LogP contribution in [-0.2, 0) is 6.54 Å². The Kier molecular flexibility index (Phi) is 6.88. The van der Waals surface area contributed by atoms with Gasteiger partial charge in [0.2, 0.25) is 0 Å². The molecule has 2 N–H and O–H groups in total. The van der Waals surface area contributed by atoms with Gasteiger partial charge in [0.05, 0.1) is 18.7 Å². The Morgan fingerprint density at radius 3 is 2.29 bits per heavy atom. The molecule has 0 saturated heterocycles. The summed E-state index contributed by atoms with van der Waals surface area (Å²) in [6, 6.07) is 14.9. The number of hydrogen-bond acceptors (Lipinski definition) is 3. The zero-order valence-corrected chi connectivity index (χ0v) is 16.8. The van der Waals surface area contributed by atoms with Gasteiger partial charge in [0.1, 0.15) is 12.3 Å². The third kappa shape index (κ3) is 4.63. The Morgan fingerprint density at radius 1 is 0.964 bits per heavy atom. The van der Waals surface area contributed by atoms with E-state index in [1.54, 1.807) is 6.07 Å². The van der Waals surface area contributed by atoms with E-state index in [0.717, 1.165) is 60.8 Å². The SMILES string of the molecule is CCCC[NH+](CCCC)Cc1c(O)ccc2c(-c3ccccc3)cc(=O)oc12. The zero-order valence-electron chi connectivity index (χ0n) is 16.8. The van der Waals surface area contributed by atoms with Gasteiger partial charge in [-0.25, -0.2) is 4.79 Å². The number of nitrogens with one attached hydrogen (secondary N) is 1. The summed E-state index contributed by atoms with van der Waals surface area (Å²) in [5, 5.41) is 11.4. The van der Waals surface area contributed by atoms with Crippen LogP contribution in [0.15, 0.2) is 57.7 Å². The number of phenols is 1. The van der Waals surface area contributed by atoms with Crippen molar-refractivity contribution in [2.45, 2.75) is 46.1 Å². The van der Waals surface area contributed by atoms with E-state index in [4.69, 9.17) is 4.42 Å². The van der Waals surface area contributed by atoms with Gasteiger partial charge < -0.3 is 14.4 Å². The highest BCUT2D eigenvalue weighted by molar-refractivity contribution is 5.95. The number of hydrogen-bond donors (Lipinski definition) is 2. The molecule has 0 fully saturated rings. The smallest absolute Gasteiger partial charge is 0.336 e. The number of phenolic OH excluding ortho intramolecular Hbond substituents is 1. The standard InChI is InChI=1S/C24H29NO3/c1-3-5-14-25(15-6-4-2)17-21-22(26)13-12-19-20(16-23(27)28-24(19)21)18-10-8-7-9-11-18/h7-13,16,26H,3-6,14-15,17H2,1-2H3/p+1. The predicted molar refractivity (Wildman–Crippen MR) is 114 cm³/mol. The maximum atomic E-state index is 12.3. The van der Waals surface area contributed by atoms with Crippen LogP contribution < -0.4 is 10.5 Å². The summed E-state index contributed by atoms with van der Waals surface area (Å²) in [5.74, 6) is 0.200. The fourth-order valence-corrected chi connectivity index (χ4v) is 3.70. The molecule has 3 aromatic rings. The van der Waals surface area contributed by atoms with E-state index >= 15 is 0 Å². The van der Waals surface area contributed by atoms with Crippen LogP contribution in [0.25, 0.3) is 22.1 Å². The second-order valence-corrected chi connectivity index (χ2v) is 7.42. The van der Waals surface area contributed by atoms with Gasteiger partial charge in [0.25, 0.3) is 0 Å². The summed E-state index contributed by atoms with van der Waals surface area (Å²) in [6.45, 7) is 7.14. The van der Waals surface area contributed by atoms with Crippen molar-refractivity contribution >= 4 is 11.0 Å². The van der Waals surface area contributed by atoms with Crippen LogP contribution in [0.3, 0.4) is 0 Å². The summed E-state index contributed by atoms with van der Waals surface area (Å²) in [7, 11) is 0. The number of aromatic hydroxyl groups is 1. The van der Waals surface area contributed by atoms with Crippen LogP contribution >= 0.6 is 0 Å². The molecule has 0 atom stereocenters. The van der Waals surface area contributed by atoms with Crippen molar-refractivity contribution in [3.63, 3.8) is 0 Å². The maximum Gasteiger partial charge on any atom is 0.336 e. The average molecular weight is 381 g/mol. The first-order valence-electron chi connectivity index (χ1n) is 10.3. The van der Waals surface area contributed by atoms with Gasteiger partial charge in [0, 0.05) is 11.5 Å². The molecule has 0 amide bonds. The monoisotopic (exact) mass is 380 g/mol.